The molecular formula is C17H20FN5O2. The van der Waals surface area contributed by atoms with Gasteiger partial charge in [-0.1, -0.05) is 0 Å². The van der Waals surface area contributed by atoms with E-state index in [4.69, 9.17) is 4.74 Å². The van der Waals surface area contributed by atoms with Crippen LogP contribution >= 0.6 is 0 Å². The summed E-state index contributed by atoms with van der Waals surface area (Å²) in [5, 5.41) is 2.77. The molecule has 2 aromatic rings. The summed E-state index contributed by atoms with van der Waals surface area (Å²) in [7, 11) is 1.57. The van der Waals surface area contributed by atoms with Gasteiger partial charge in [0, 0.05) is 26.2 Å². The molecule has 1 aliphatic heterocycles. The third-order valence-corrected chi connectivity index (χ3v) is 4.01. The summed E-state index contributed by atoms with van der Waals surface area (Å²) in [6, 6.07) is 6.53. The van der Waals surface area contributed by atoms with Crippen LogP contribution in [0.1, 0.15) is 0 Å². The first-order valence-electron chi connectivity index (χ1n) is 8.03. The second kappa shape index (κ2) is 7.89. The van der Waals surface area contributed by atoms with Gasteiger partial charge in [0.05, 0.1) is 26.0 Å². The molecule has 8 heteroatoms. The lowest BCUT2D eigenvalue weighted by atomic mass is 10.3. The number of hydrogen-bond donors (Lipinski definition) is 1. The Hall–Kier alpha value is -2.74. The predicted molar refractivity (Wildman–Crippen MR) is 92.3 cm³/mol. The minimum absolute atomic E-state index is 0.106. The van der Waals surface area contributed by atoms with Crippen molar-refractivity contribution in [3.8, 4) is 5.75 Å². The molecule has 0 saturated carbocycles. The maximum absolute atomic E-state index is 12.9. The molecule has 0 radical (unpaired) electrons. The summed E-state index contributed by atoms with van der Waals surface area (Å²) in [6.07, 6.45) is 2.78. The lowest BCUT2D eigenvalue weighted by Crippen LogP contribution is -2.49. The van der Waals surface area contributed by atoms with Gasteiger partial charge in [0.1, 0.15) is 23.2 Å². The zero-order chi connectivity index (χ0) is 17.6. The molecule has 2 aromatic heterocycles. The van der Waals surface area contributed by atoms with Crippen LogP contribution in [0.15, 0.2) is 36.7 Å². The summed E-state index contributed by atoms with van der Waals surface area (Å²) < 4.78 is 18.0. The number of amides is 1. The van der Waals surface area contributed by atoms with Crippen molar-refractivity contribution in [1.29, 1.82) is 0 Å². The van der Waals surface area contributed by atoms with E-state index in [2.05, 4.69) is 25.1 Å². The number of anilines is 2. The summed E-state index contributed by atoms with van der Waals surface area (Å²) in [5.41, 5.74) is 0. The van der Waals surface area contributed by atoms with Gasteiger partial charge in [0.25, 0.3) is 0 Å². The predicted octanol–water partition coefficient (Wildman–Crippen LogP) is 1.38. The first-order chi connectivity index (χ1) is 12.1. The van der Waals surface area contributed by atoms with Gasteiger partial charge < -0.3 is 15.0 Å². The van der Waals surface area contributed by atoms with Crippen LogP contribution in [0.25, 0.3) is 0 Å². The van der Waals surface area contributed by atoms with Gasteiger partial charge in [0.15, 0.2) is 0 Å². The monoisotopic (exact) mass is 345 g/mol. The SMILES string of the molecule is COc1ccc(NC(=O)CN2CCN(c3ccc(F)cn3)CC2)nc1. The van der Waals surface area contributed by atoms with E-state index in [9.17, 15) is 9.18 Å². The molecule has 3 rings (SSSR count). The van der Waals surface area contributed by atoms with Gasteiger partial charge in [-0.15, -0.1) is 0 Å². The normalized spacial score (nSPS) is 15.0. The highest BCUT2D eigenvalue weighted by Gasteiger charge is 2.20. The quantitative estimate of drug-likeness (QED) is 0.883. The fourth-order valence-corrected chi connectivity index (χ4v) is 2.65. The Morgan fingerprint density at radius 1 is 1.16 bits per heavy atom. The van der Waals surface area contributed by atoms with Crippen molar-refractivity contribution in [1.82, 2.24) is 14.9 Å². The minimum Gasteiger partial charge on any atom is -0.495 e. The third-order valence-electron chi connectivity index (χ3n) is 4.01. The number of piperazine rings is 1. The molecule has 1 aliphatic rings. The number of carbonyl (C=O) groups is 1. The highest BCUT2D eigenvalue weighted by atomic mass is 19.1. The Balaban J connectivity index is 1.46. The number of nitrogens with zero attached hydrogens (tertiary/aromatic N) is 4. The largest absolute Gasteiger partial charge is 0.495 e. The molecule has 7 nitrogen and oxygen atoms in total. The van der Waals surface area contributed by atoms with Crippen molar-refractivity contribution in [2.45, 2.75) is 0 Å². The fraction of sp³-hybridized carbons (Fsp3) is 0.353. The summed E-state index contributed by atoms with van der Waals surface area (Å²) in [5.74, 6) is 1.45. The molecular weight excluding hydrogens is 325 g/mol. The van der Waals surface area contributed by atoms with E-state index < -0.39 is 0 Å². The molecule has 0 aromatic carbocycles. The zero-order valence-electron chi connectivity index (χ0n) is 14.0. The van der Waals surface area contributed by atoms with E-state index in [0.717, 1.165) is 32.0 Å². The molecule has 1 fully saturated rings. The lowest BCUT2D eigenvalue weighted by Gasteiger charge is -2.34. The van der Waals surface area contributed by atoms with E-state index in [0.29, 0.717) is 18.1 Å². The highest BCUT2D eigenvalue weighted by Crippen LogP contribution is 2.14. The average Bonchev–Trinajstić information content (AvgIpc) is 2.64. The maximum Gasteiger partial charge on any atom is 0.239 e. The smallest absolute Gasteiger partial charge is 0.239 e. The van der Waals surface area contributed by atoms with Gasteiger partial charge >= 0.3 is 0 Å². The fourth-order valence-electron chi connectivity index (χ4n) is 2.65. The van der Waals surface area contributed by atoms with Crippen LogP contribution in [-0.4, -0.2) is 60.6 Å². The molecule has 25 heavy (non-hydrogen) atoms. The van der Waals surface area contributed by atoms with Crippen LogP contribution in [0.3, 0.4) is 0 Å². The molecule has 1 N–H and O–H groups in total. The Kier molecular flexibility index (Phi) is 5.39. The molecule has 0 spiro atoms. The van der Waals surface area contributed by atoms with Crippen molar-refractivity contribution in [3.05, 3.63) is 42.5 Å². The Labute approximate surface area is 145 Å². The van der Waals surface area contributed by atoms with Gasteiger partial charge in [-0.3, -0.25) is 9.69 Å². The second-order valence-electron chi connectivity index (χ2n) is 5.73. The van der Waals surface area contributed by atoms with Crippen molar-refractivity contribution < 1.29 is 13.9 Å². The Morgan fingerprint density at radius 2 is 1.96 bits per heavy atom. The summed E-state index contributed by atoms with van der Waals surface area (Å²) in [4.78, 5) is 24.5. The second-order valence-corrected chi connectivity index (χ2v) is 5.73. The van der Waals surface area contributed by atoms with Crippen molar-refractivity contribution >= 4 is 17.5 Å². The first-order valence-corrected chi connectivity index (χ1v) is 8.03. The number of methoxy groups -OCH3 is 1. The lowest BCUT2D eigenvalue weighted by molar-refractivity contribution is -0.117. The van der Waals surface area contributed by atoms with E-state index in [-0.39, 0.29) is 11.7 Å². The van der Waals surface area contributed by atoms with E-state index in [1.54, 1.807) is 31.5 Å². The van der Waals surface area contributed by atoms with Crippen molar-refractivity contribution in [2.75, 3.05) is 50.1 Å². The summed E-state index contributed by atoms with van der Waals surface area (Å²) in [6.45, 7) is 3.27. The van der Waals surface area contributed by atoms with Crippen LogP contribution in [0.4, 0.5) is 16.0 Å². The third kappa shape index (κ3) is 4.63. The van der Waals surface area contributed by atoms with Crippen LogP contribution in [0.2, 0.25) is 0 Å². The van der Waals surface area contributed by atoms with Gasteiger partial charge in [-0.25, -0.2) is 14.4 Å². The number of aromatic nitrogens is 2. The maximum atomic E-state index is 12.9. The molecule has 0 atom stereocenters. The van der Waals surface area contributed by atoms with Gasteiger partial charge in [-0.05, 0) is 24.3 Å². The van der Waals surface area contributed by atoms with Crippen molar-refractivity contribution in [3.63, 3.8) is 0 Å². The molecule has 0 bridgehead atoms. The molecule has 0 aliphatic carbocycles. The van der Waals surface area contributed by atoms with Crippen LogP contribution in [-0.2, 0) is 4.79 Å². The number of rotatable bonds is 5. The highest BCUT2D eigenvalue weighted by molar-refractivity contribution is 5.91. The van der Waals surface area contributed by atoms with Gasteiger partial charge in [0.2, 0.25) is 5.91 Å². The minimum atomic E-state index is -0.341. The first kappa shape index (κ1) is 17.1. The molecule has 0 unspecified atom stereocenters. The standard InChI is InChI=1S/C17H20FN5O2/c1-25-14-3-4-15(19-11-14)21-17(24)12-22-6-8-23(9-7-22)16-5-2-13(18)10-20-16/h2-5,10-11H,6-9,12H2,1H3,(H,19,21,24). The topological polar surface area (TPSA) is 70.6 Å². The Bertz CT molecular complexity index is 700. The molecule has 132 valence electrons. The Morgan fingerprint density at radius 3 is 2.56 bits per heavy atom. The van der Waals surface area contributed by atoms with Crippen LogP contribution in [0, 0.1) is 5.82 Å². The number of halogens is 1. The molecule has 3 heterocycles. The van der Waals surface area contributed by atoms with E-state index >= 15 is 0 Å². The zero-order valence-corrected chi connectivity index (χ0v) is 14.0. The van der Waals surface area contributed by atoms with E-state index in [1.807, 2.05) is 0 Å². The summed E-state index contributed by atoms with van der Waals surface area (Å²) >= 11 is 0. The van der Waals surface area contributed by atoms with E-state index in [1.165, 1.54) is 12.3 Å². The molecule has 1 saturated heterocycles. The molecule has 1 amide bonds. The number of ether oxygens (including phenoxy) is 1. The van der Waals surface area contributed by atoms with Crippen LogP contribution < -0.4 is 15.0 Å². The average molecular weight is 345 g/mol. The van der Waals surface area contributed by atoms with Crippen LogP contribution in [0.5, 0.6) is 5.75 Å². The number of carbonyl (C=O) groups excluding carboxylic acids is 1. The van der Waals surface area contributed by atoms with Gasteiger partial charge in [-0.2, -0.15) is 0 Å². The number of nitrogens with one attached hydrogen (secondary N) is 1. The number of pyridine rings is 2. The van der Waals surface area contributed by atoms with Crippen molar-refractivity contribution in [2.24, 2.45) is 0 Å². The number of hydrogen-bond acceptors (Lipinski definition) is 6.